The van der Waals surface area contributed by atoms with Crippen LogP contribution in [0.2, 0.25) is 0 Å². The largest absolute Gasteiger partial charge is 0.394 e. The minimum absolute atomic E-state index is 0.134. The van der Waals surface area contributed by atoms with Crippen molar-refractivity contribution < 1.29 is 5.11 Å². The summed E-state index contributed by atoms with van der Waals surface area (Å²) in [5.74, 6) is 0. The van der Waals surface area contributed by atoms with Gasteiger partial charge in [0, 0.05) is 24.2 Å². The molecule has 120 valence electrons. The van der Waals surface area contributed by atoms with E-state index in [1.807, 2.05) is 0 Å². The molecule has 4 nitrogen and oxygen atoms in total. The van der Waals surface area contributed by atoms with Gasteiger partial charge in [0.05, 0.1) is 6.61 Å². The summed E-state index contributed by atoms with van der Waals surface area (Å²) in [7, 11) is 4.32. The van der Waals surface area contributed by atoms with E-state index in [1.165, 1.54) is 25.9 Å². The lowest BCUT2D eigenvalue weighted by Crippen LogP contribution is -2.49. The minimum Gasteiger partial charge on any atom is -0.394 e. The molecule has 0 spiro atoms. The highest BCUT2D eigenvalue weighted by Crippen LogP contribution is 2.20. The van der Waals surface area contributed by atoms with Gasteiger partial charge in [0.2, 0.25) is 0 Å². The van der Waals surface area contributed by atoms with Crippen LogP contribution in [-0.2, 0) is 0 Å². The van der Waals surface area contributed by atoms with Gasteiger partial charge in [-0.05, 0) is 59.8 Å². The number of nitrogens with one attached hydrogen (secondary N) is 1. The molecule has 1 aliphatic heterocycles. The highest BCUT2D eigenvalue weighted by molar-refractivity contribution is 4.86. The van der Waals surface area contributed by atoms with Crippen LogP contribution >= 0.6 is 0 Å². The molecule has 0 aromatic carbocycles. The highest BCUT2D eigenvalue weighted by atomic mass is 16.3. The smallest absolute Gasteiger partial charge is 0.0610 e. The molecule has 20 heavy (non-hydrogen) atoms. The molecular weight excluding hydrogens is 250 g/mol. The van der Waals surface area contributed by atoms with Crippen LogP contribution in [0.25, 0.3) is 0 Å². The highest BCUT2D eigenvalue weighted by Gasteiger charge is 2.27. The standard InChI is InChI=1S/C16H35N3O/c1-14(2)17-16(3,13-20)9-7-11-19-10-6-8-15(19)12-18(4)5/h14-15,17,20H,6-13H2,1-5H3. The Labute approximate surface area is 125 Å². The van der Waals surface area contributed by atoms with Gasteiger partial charge in [0.15, 0.2) is 0 Å². The SMILES string of the molecule is CC(C)NC(C)(CO)CCCN1CCCC1CN(C)C. The Morgan fingerprint density at radius 3 is 2.65 bits per heavy atom. The van der Waals surface area contributed by atoms with E-state index in [2.05, 4.69) is 50.0 Å². The van der Waals surface area contributed by atoms with Crippen LogP contribution in [0.4, 0.5) is 0 Å². The third kappa shape index (κ3) is 6.08. The average Bonchev–Trinajstić information content (AvgIpc) is 2.75. The lowest BCUT2D eigenvalue weighted by atomic mass is 9.95. The number of rotatable bonds is 9. The van der Waals surface area contributed by atoms with Gasteiger partial charge in [-0.1, -0.05) is 13.8 Å². The van der Waals surface area contributed by atoms with Crippen molar-refractivity contribution in [2.75, 3.05) is 40.3 Å². The summed E-state index contributed by atoms with van der Waals surface area (Å²) in [6.07, 6.45) is 4.85. The quantitative estimate of drug-likeness (QED) is 0.674. The van der Waals surface area contributed by atoms with Crippen molar-refractivity contribution in [3.63, 3.8) is 0 Å². The molecule has 0 aliphatic carbocycles. The zero-order chi connectivity index (χ0) is 15.2. The van der Waals surface area contributed by atoms with E-state index >= 15 is 0 Å². The molecule has 1 aliphatic rings. The van der Waals surface area contributed by atoms with E-state index in [0.717, 1.165) is 25.4 Å². The second-order valence-electron chi connectivity index (χ2n) is 7.22. The molecule has 0 saturated carbocycles. The van der Waals surface area contributed by atoms with Gasteiger partial charge < -0.3 is 15.3 Å². The van der Waals surface area contributed by atoms with Crippen molar-refractivity contribution in [3.8, 4) is 0 Å². The first-order chi connectivity index (χ1) is 9.36. The van der Waals surface area contributed by atoms with E-state index < -0.39 is 0 Å². The molecule has 2 atom stereocenters. The number of hydrogen-bond donors (Lipinski definition) is 2. The Hall–Kier alpha value is -0.160. The molecule has 1 rings (SSSR count). The molecule has 2 unspecified atom stereocenters. The fraction of sp³-hybridized carbons (Fsp3) is 1.00. The Morgan fingerprint density at radius 2 is 2.10 bits per heavy atom. The van der Waals surface area contributed by atoms with Crippen LogP contribution < -0.4 is 5.32 Å². The van der Waals surface area contributed by atoms with Crippen LogP contribution in [0.1, 0.15) is 46.5 Å². The lowest BCUT2D eigenvalue weighted by molar-refractivity contribution is 0.143. The predicted molar refractivity (Wildman–Crippen MR) is 86.1 cm³/mol. The lowest BCUT2D eigenvalue weighted by Gasteiger charge is -2.33. The molecule has 0 amide bonds. The Morgan fingerprint density at radius 1 is 1.40 bits per heavy atom. The molecule has 2 N–H and O–H groups in total. The van der Waals surface area contributed by atoms with Gasteiger partial charge in [-0.25, -0.2) is 0 Å². The topological polar surface area (TPSA) is 38.7 Å². The van der Waals surface area contributed by atoms with Crippen LogP contribution in [0, 0.1) is 0 Å². The molecule has 0 aromatic heterocycles. The summed E-state index contributed by atoms with van der Waals surface area (Å²) in [5.41, 5.74) is -0.134. The fourth-order valence-electron chi connectivity index (χ4n) is 3.38. The van der Waals surface area contributed by atoms with Crippen molar-refractivity contribution in [2.45, 2.75) is 64.1 Å². The minimum atomic E-state index is -0.134. The normalized spacial score (nSPS) is 23.7. The molecule has 1 saturated heterocycles. The van der Waals surface area contributed by atoms with Crippen LogP contribution in [-0.4, -0.2) is 72.9 Å². The van der Waals surface area contributed by atoms with Crippen LogP contribution in [0.5, 0.6) is 0 Å². The third-order valence-electron chi connectivity index (χ3n) is 4.23. The first-order valence-corrected chi connectivity index (χ1v) is 8.13. The summed E-state index contributed by atoms with van der Waals surface area (Å²) < 4.78 is 0. The van der Waals surface area contributed by atoms with E-state index in [9.17, 15) is 5.11 Å². The molecule has 0 radical (unpaired) electrons. The van der Waals surface area contributed by atoms with Crippen molar-refractivity contribution in [1.82, 2.24) is 15.1 Å². The summed E-state index contributed by atoms with van der Waals surface area (Å²) in [6, 6.07) is 1.14. The number of likely N-dealkylation sites (N-methyl/N-ethyl adjacent to an activating group) is 1. The molecule has 0 aromatic rings. The Kier molecular flexibility index (Phi) is 7.45. The number of hydrogen-bond acceptors (Lipinski definition) is 4. The van der Waals surface area contributed by atoms with Crippen LogP contribution in [0.15, 0.2) is 0 Å². The van der Waals surface area contributed by atoms with Crippen molar-refractivity contribution in [1.29, 1.82) is 0 Å². The van der Waals surface area contributed by atoms with E-state index in [0.29, 0.717) is 6.04 Å². The fourth-order valence-corrected chi connectivity index (χ4v) is 3.38. The zero-order valence-electron chi connectivity index (χ0n) is 14.2. The van der Waals surface area contributed by atoms with Gasteiger partial charge >= 0.3 is 0 Å². The summed E-state index contributed by atoms with van der Waals surface area (Å²) in [4.78, 5) is 4.92. The van der Waals surface area contributed by atoms with E-state index in [4.69, 9.17) is 0 Å². The van der Waals surface area contributed by atoms with Crippen molar-refractivity contribution >= 4 is 0 Å². The van der Waals surface area contributed by atoms with Gasteiger partial charge in [-0.3, -0.25) is 4.90 Å². The predicted octanol–water partition coefficient (Wildman–Crippen LogP) is 1.54. The molecule has 0 bridgehead atoms. The Balaban J connectivity index is 2.34. The zero-order valence-corrected chi connectivity index (χ0v) is 14.2. The van der Waals surface area contributed by atoms with E-state index in [1.54, 1.807) is 0 Å². The first kappa shape index (κ1) is 17.9. The van der Waals surface area contributed by atoms with Crippen LogP contribution in [0.3, 0.4) is 0 Å². The summed E-state index contributed by atoms with van der Waals surface area (Å²) in [6.45, 7) is 10.2. The average molecular weight is 285 g/mol. The van der Waals surface area contributed by atoms with Crippen molar-refractivity contribution in [3.05, 3.63) is 0 Å². The molecular formula is C16H35N3O. The second-order valence-corrected chi connectivity index (χ2v) is 7.22. The molecule has 1 fully saturated rings. The second kappa shape index (κ2) is 8.32. The monoisotopic (exact) mass is 285 g/mol. The maximum atomic E-state index is 9.61. The van der Waals surface area contributed by atoms with Gasteiger partial charge in [-0.2, -0.15) is 0 Å². The van der Waals surface area contributed by atoms with Gasteiger partial charge in [0.25, 0.3) is 0 Å². The summed E-state index contributed by atoms with van der Waals surface area (Å²) in [5, 5.41) is 13.1. The third-order valence-corrected chi connectivity index (χ3v) is 4.23. The maximum absolute atomic E-state index is 9.61. The maximum Gasteiger partial charge on any atom is 0.0610 e. The number of nitrogens with zero attached hydrogens (tertiary/aromatic N) is 2. The van der Waals surface area contributed by atoms with Gasteiger partial charge in [-0.15, -0.1) is 0 Å². The molecule has 1 heterocycles. The number of aliphatic hydroxyl groups is 1. The van der Waals surface area contributed by atoms with E-state index in [-0.39, 0.29) is 12.1 Å². The Bertz CT molecular complexity index is 270. The number of aliphatic hydroxyl groups excluding tert-OH is 1. The van der Waals surface area contributed by atoms with Crippen molar-refractivity contribution in [2.24, 2.45) is 0 Å². The first-order valence-electron chi connectivity index (χ1n) is 8.13. The van der Waals surface area contributed by atoms with Gasteiger partial charge in [0.1, 0.15) is 0 Å². The molecule has 4 heteroatoms. The summed E-state index contributed by atoms with van der Waals surface area (Å²) >= 11 is 0. The number of likely N-dealkylation sites (tertiary alicyclic amines) is 1.